The molecule has 0 radical (unpaired) electrons. The molecule has 0 rings (SSSR count). The minimum atomic E-state index is -8.45. The van der Waals surface area contributed by atoms with Gasteiger partial charge >= 0.3 is 41.1 Å². The molecule has 0 atom stereocenters. The van der Waals surface area contributed by atoms with Gasteiger partial charge in [0.25, 0.3) is 0 Å². The van der Waals surface area contributed by atoms with Crippen LogP contribution in [0.25, 0.3) is 0 Å². The maximum absolute atomic E-state index is 12.6. The van der Waals surface area contributed by atoms with Crippen molar-refractivity contribution in [3.05, 3.63) is 0 Å². The van der Waals surface area contributed by atoms with Gasteiger partial charge in [-0.2, -0.15) is 48.3 Å². The first-order chi connectivity index (χ1) is 9.50. The van der Waals surface area contributed by atoms with Crippen molar-refractivity contribution in [2.75, 3.05) is 0 Å². The molecular weight excluding hydrogens is 390 g/mol. The molecule has 0 unspecified atom stereocenters. The van der Waals surface area contributed by atoms with Gasteiger partial charge in [0.15, 0.2) is 0 Å². The molecular formula is C6F16N+. The summed E-state index contributed by atoms with van der Waals surface area (Å²) in [6.07, 6.45) is -7.67. The number of quaternary nitrogens is 1. The summed E-state index contributed by atoms with van der Waals surface area (Å²) in [5.74, 6) is -33.2. The van der Waals surface area contributed by atoms with E-state index in [0.717, 1.165) is 0 Å². The predicted molar refractivity (Wildman–Crippen MR) is 34.4 cm³/mol. The molecule has 17 heteroatoms. The molecule has 0 spiro atoms. The van der Waals surface area contributed by atoms with Gasteiger partial charge in [0.1, 0.15) is 0 Å². The second-order valence-electron chi connectivity index (χ2n) is 3.78. The standard InChI is InChI=1S/C6F16N/c7-1(8,3(11,12)5(15,16)17)2(9,10)4(13,14)6(18,19)23(20,21)22/q+1. The van der Waals surface area contributed by atoms with Crippen LogP contribution in [0, 0.1) is 0 Å². The summed E-state index contributed by atoms with van der Waals surface area (Å²) in [5, 5.41) is -6.96. The average molecular weight is 390 g/mol. The first-order valence-corrected chi connectivity index (χ1v) is 4.44. The Kier molecular flexibility index (Phi) is 4.67. The predicted octanol–water partition coefficient (Wildman–Crippen LogP) is 5.15. The lowest BCUT2D eigenvalue weighted by molar-refractivity contribution is -1.32. The Morgan fingerprint density at radius 2 is 0.652 bits per heavy atom. The van der Waals surface area contributed by atoms with Crippen molar-refractivity contribution in [2.45, 2.75) is 35.9 Å². The molecule has 0 aliphatic rings. The molecule has 140 valence electrons. The summed E-state index contributed by atoms with van der Waals surface area (Å²) in [5.41, 5.74) is 0. The van der Waals surface area contributed by atoms with E-state index in [9.17, 15) is 70.5 Å². The van der Waals surface area contributed by atoms with Crippen LogP contribution < -0.4 is 0 Å². The third-order valence-corrected chi connectivity index (χ3v) is 2.24. The molecule has 0 aromatic heterocycles. The fourth-order valence-corrected chi connectivity index (χ4v) is 0.920. The summed E-state index contributed by atoms with van der Waals surface area (Å²) < 4.78 is 193. The number of alkyl halides is 13. The van der Waals surface area contributed by atoms with Crippen LogP contribution in [0.15, 0.2) is 0 Å². The Hall–Kier alpha value is -1.16. The third kappa shape index (κ3) is 2.65. The van der Waals surface area contributed by atoms with E-state index in [4.69, 9.17) is 0 Å². The largest absolute Gasteiger partial charge is 0.576 e. The molecule has 0 aromatic carbocycles. The number of hydrogen-bond donors (Lipinski definition) is 0. The van der Waals surface area contributed by atoms with Gasteiger partial charge in [0.2, 0.25) is 0 Å². The fraction of sp³-hybridized carbons (Fsp3) is 1.00. The Labute approximate surface area is 113 Å². The van der Waals surface area contributed by atoms with Crippen LogP contribution >= 0.6 is 0 Å². The van der Waals surface area contributed by atoms with E-state index in [2.05, 4.69) is 0 Å². The van der Waals surface area contributed by atoms with Crippen LogP contribution in [-0.4, -0.2) is 41.1 Å². The normalized spacial score (nSPS) is 16.7. The first-order valence-electron chi connectivity index (χ1n) is 4.44. The van der Waals surface area contributed by atoms with Crippen molar-refractivity contribution in [3.63, 3.8) is 0 Å². The van der Waals surface area contributed by atoms with Crippen LogP contribution in [0.2, 0.25) is 0 Å². The molecule has 0 aliphatic carbocycles. The molecule has 0 heterocycles. The fourth-order valence-electron chi connectivity index (χ4n) is 0.920. The van der Waals surface area contributed by atoms with Crippen LogP contribution in [0.1, 0.15) is 0 Å². The lowest BCUT2D eigenvalue weighted by atomic mass is 9.97. The highest BCUT2D eigenvalue weighted by Gasteiger charge is 2.97. The summed E-state index contributed by atoms with van der Waals surface area (Å²) in [6.45, 7) is 0. The van der Waals surface area contributed by atoms with Gasteiger partial charge in [-0.15, -0.1) is 8.78 Å². The highest BCUT2D eigenvalue weighted by molar-refractivity contribution is 5.08. The van der Waals surface area contributed by atoms with E-state index in [1.54, 1.807) is 0 Å². The van der Waals surface area contributed by atoms with Crippen molar-refractivity contribution in [1.82, 2.24) is 0 Å². The van der Waals surface area contributed by atoms with E-state index < -0.39 is 41.1 Å². The molecule has 0 saturated carbocycles. The molecule has 0 fully saturated rings. The van der Waals surface area contributed by atoms with E-state index in [0.29, 0.717) is 0 Å². The van der Waals surface area contributed by atoms with E-state index in [1.807, 2.05) is 0 Å². The second-order valence-corrected chi connectivity index (χ2v) is 3.78. The topological polar surface area (TPSA) is 0 Å². The zero-order valence-electron chi connectivity index (χ0n) is 9.49. The maximum atomic E-state index is 12.6. The zero-order valence-corrected chi connectivity index (χ0v) is 9.49. The Balaban J connectivity index is 6.37. The molecule has 23 heavy (non-hydrogen) atoms. The molecule has 0 N–H and O–H groups in total. The van der Waals surface area contributed by atoms with Gasteiger partial charge in [-0.25, -0.2) is 0 Å². The maximum Gasteiger partial charge on any atom is 0.576 e. The average Bonchev–Trinajstić information content (AvgIpc) is 2.24. The van der Waals surface area contributed by atoms with Gasteiger partial charge in [0, 0.05) is 0 Å². The minimum Gasteiger partial charge on any atom is -0.192 e. The molecule has 0 bridgehead atoms. The molecule has 0 amide bonds. The number of rotatable bonds is 5. The lowest BCUT2D eigenvalue weighted by Gasteiger charge is -2.37. The van der Waals surface area contributed by atoms with Gasteiger partial charge < -0.3 is 0 Å². The molecule has 0 aromatic rings. The van der Waals surface area contributed by atoms with Crippen LogP contribution in [0.4, 0.5) is 70.5 Å². The lowest BCUT2D eigenvalue weighted by Crippen LogP contribution is -2.72. The number of nitrogens with zero attached hydrogens (tertiary/aromatic N) is 1. The molecule has 1 nitrogen and oxygen atoms in total. The molecule has 0 saturated heterocycles. The smallest absolute Gasteiger partial charge is 0.192 e. The van der Waals surface area contributed by atoms with Crippen molar-refractivity contribution >= 4 is 0 Å². The van der Waals surface area contributed by atoms with Crippen molar-refractivity contribution in [2.24, 2.45) is 0 Å². The zero-order chi connectivity index (χ0) is 19.5. The summed E-state index contributed by atoms with van der Waals surface area (Å²) in [7, 11) is 0. The summed E-state index contributed by atoms with van der Waals surface area (Å²) in [4.78, 5) is 0. The quantitative estimate of drug-likeness (QED) is 0.346. The Bertz CT molecular complexity index is 398. The van der Waals surface area contributed by atoms with E-state index >= 15 is 0 Å². The highest BCUT2D eigenvalue weighted by Crippen LogP contribution is 2.61. The van der Waals surface area contributed by atoms with Crippen molar-refractivity contribution in [1.29, 1.82) is 0 Å². The van der Waals surface area contributed by atoms with E-state index in [-0.39, 0.29) is 0 Å². The second kappa shape index (κ2) is 4.92. The van der Waals surface area contributed by atoms with Gasteiger partial charge in [-0.05, 0) is 0 Å². The van der Waals surface area contributed by atoms with Gasteiger partial charge in [0.05, 0.1) is 13.4 Å². The van der Waals surface area contributed by atoms with Crippen molar-refractivity contribution < 1.29 is 75.7 Å². The van der Waals surface area contributed by atoms with Crippen LogP contribution in [-0.2, 0) is 0 Å². The summed E-state index contributed by atoms with van der Waals surface area (Å²) in [6, 6.07) is -8.11. The van der Waals surface area contributed by atoms with Crippen LogP contribution in [0.3, 0.4) is 0 Å². The SMILES string of the molecule is FC(F)(F)C(F)(F)C(F)(F)C(F)(F)C(F)(F)C(F)(F)[N+](F)(F)F. The number of halogens is 16. The van der Waals surface area contributed by atoms with Crippen LogP contribution in [0.5, 0.6) is 0 Å². The van der Waals surface area contributed by atoms with Crippen molar-refractivity contribution in [3.8, 4) is 0 Å². The first kappa shape index (κ1) is 21.8. The summed E-state index contributed by atoms with van der Waals surface area (Å²) >= 11 is 0. The highest BCUT2D eigenvalue weighted by atomic mass is 19.6. The van der Waals surface area contributed by atoms with E-state index in [1.165, 1.54) is 0 Å². The molecule has 0 aliphatic heterocycles. The Morgan fingerprint density at radius 1 is 0.391 bits per heavy atom. The van der Waals surface area contributed by atoms with Gasteiger partial charge in [-0.3, -0.25) is 0 Å². The monoisotopic (exact) mass is 390 g/mol. The minimum absolute atomic E-state index is 6.96. The number of hydrogen-bond acceptors (Lipinski definition) is 0. The van der Waals surface area contributed by atoms with Gasteiger partial charge in [-0.1, -0.05) is 0 Å². The Morgan fingerprint density at radius 3 is 0.870 bits per heavy atom. The third-order valence-electron chi connectivity index (χ3n) is 2.24.